The van der Waals surface area contributed by atoms with E-state index in [0.29, 0.717) is 0 Å². The molecule has 4 nitrogen and oxygen atoms in total. The van der Waals surface area contributed by atoms with Gasteiger partial charge in [-0.2, -0.15) is 0 Å². The maximum atomic E-state index is 11.6. The molecule has 1 N–H and O–H groups in total. The van der Waals surface area contributed by atoms with Crippen molar-refractivity contribution in [3.05, 3.63) is 0 Å². The monoisotopic (exact) mass is 338 g/mol. The zero-order valence-corrected chi connectivity index (χ0v) is 9.88. The Labute approximate surface area is 113 Å². The van der Waals surface area contributed by atoms with E-state index in [1.807, 2.05) is 0 Å². The van der Waals surface area contributed by atoms with E-state index in [9.17, 15) is 14.4 Å². The van der Waals surface area contributed by atoms with Crippen LogP contribution in [-0.2, 0) is 14.4 Å². The second-order valence-corrected chi connectivity index (χ2v) is 5.20. The van der Waals surface area contributed by atoms with Crippen LogP contribution < -0.4 is 0 Å². The van der Waals surface area contributed by atoms with E-state index in [-0.39, 0.29) is 36.1 Å². The van der Waals surface area contributed by atoms with Crippen molar-refractivity contribution in [3.8, 4) is 0 Å². The summed E-state index contributed by atoms with van der Waals surface area (Å²) in [5, 5.41) is 8.80. The Morgan fingerprint density at radius 2 is 1.31 bits per heavy atom. The van der Waals surface area contributed by atoms with Gasteiger partial charge in [-0.1, -0.05) is 20.8 Å². The van der Waals surface area contributed by atoms with E-state index < -0.39 is 22.6 Å². The zero-order valence-electron chi connectivity index (χ0n) is 9.88. The minimum atomic E-state index is -1.49. The van der Waals surface area contributed by atoms with Crippen molar-refractivity contribution in [1.29, 1.82) is 0 Å². The van der Waals surface area contributed by atoms with Gasteiger partial charge in [0.05, 0.1) is 6.42 Å². The Kier molecular flexibility index (Phi) is 6.51. The van der Waals surface area contributed by atoms with Crippen LogP contribution in [0.2, 0.25) is 0 Å². The van der Waals surface area contributed by atoms with Gasteiger partial charge in [-0.25, -0.2) is 0 Å². The quantitative estimate of drug-likeness (QED) is 0.589. The molecule has 0 saturated heterocycles. The number of carboxylic acids is 1. The molecule has 5 heteroatoms. The second-order valence-electron chi connectivity index (χ2n) is 5.20. The van der Waals surface area contributed by atoms with Crippen LogP contribution in [0.5, 0.6) is 0 Å². The van der Waals surface area contributed by atoms with Gasteiger partial charge in [0, 0.05) is 5.41 Å². The molecule has 94 valence electrons. The molecule has 0 aromatic heterocycles. The Balaban J connectivity index is 0. The summed E-state index contributed by atoms with van der Waals surface area (Å²) in [6.45, 7) is 7.74. The van der Waals surface area contributed by atoms with Crippen molar-refractivity contribution in [3.63, 3.8) is 0 Å². The summed E-state index contributed by atoms with van der Waals surface area (Å²) in [6.07, 6.45) is -0.317. The molecule has 0 spiro atoms. The van der Waals surface area contributed by atoms with Gasteiger partial charge in [-0.05, 0) is 13.8 Å². The van der Waals surface area contributed by atoms with Crippen LogP contribution in [0.1, 0.15) is 41.0 Å². The first-order valence-corrected chi connectivity index (χ1v) is 4.79. The first kappa shape index (κ1) is 18.0. The number of rotatable bonds is 4. The molecule has 0 aliphatic carbocycles. The molecular formula is C11H22O4Sn. The van der Waals surface area contributed by atoms with Crippen LogP contribution in [0.25, 0.3) is 0 Å². The average Bonchev–Trinajstić information content (AvgIpc) is 2.01. The number of hydrogen-bond acceptors (Lipinski definition) is 3. The standard InChI is InChI=1S/C11H18O4.Sn.4H/c1-10(2,3)7(12)6-8(13)11(4,5)9(14)15;;;;;/h6H2,1-5H3,(H,14,15);;;;;. The fraction of sp³-hybridized carbons (Fsp3) is 0.727. The SMILES string of the molecule is CC(C)(C)C(=O)CC(=O)C(C)(C)C(=O)O.[SnH4]. The van der Waals surface area contributed by atoms with E-state index in [2.05, 4.69) is 0 Å². The molecule has 0 amide bonds. The van der Waals surface area contributed by atoms with Gasteiger partial charge in [-0.15, -0.1) is 0 Å². The number of aliphatic carboxylic acids is 1. The minimum absolute atomic E-state index is 0. The number of carbonyl (C=O) groups excluding carboxylic acids is 2. The average molecular weight is 337 g/mol. The summed E-state index contributed by atoms with van der Waals surface area (Å²) >= 11 is 0. The molecule has 0 rings (SSSR count). The molecule has 0 fully saturated rings. The van der Waals surface area contributed by atoms with Gasteiger partial charge < -0.3 is 5.11 Å². The van der Waals surface area contributed by atoms with Gasteiger partial charge in [0.25, 0.3) is 0 Å². The third-order valence-electron chi connectivity index (χ3n) is 2.39. The summed E-state index contributed by atoms with van der Waals surface area (Å²) in [6, 6.07) is 0. The topological polar surface area (TPSA) is 71.4 Å². The van der Waals surface area contributed by atoms with Crippen molar-refractivity contribution in [2.75, 3.05) is 0 Å². The predicted molar refractivity (Wildman–Crippen MR) is 66.8 cm³/mol. The summed E-state index contributed by atoms with van der Waals surface area (Å²) in [4.78, 5) is 33.9. The fourth-order valence-electron chi connectivity index (χ4n) is 0.751. The molecule has 0 saturated carbocycles. The molecule has 16 heavy (non-hydrogen) atoms. The number of Topliss-reactive ketones (excluding diaryl/α,β-unsaturated/α-hetero) is 2. The molecular weight excluding hydrogens is 315 g/mol. The summed E-state index contributed by atoms with van der Waals surface area (Å²) in [5.74, 6) is -1.98. The van der Waals surface area contributed by atoms with Gasteiger partial charge in [0.15, 0.2) is 5.78 Å². The molecule has 0 aliphatic heterocycles. The number of hydrogen-bond donors (Lipinski definition) is 1. The molecule has 0 heterocycles. The van der Waals surface area contributed by atoms with Crippen molar-refractivity contribution in [2.45, 2.75) is 41.0 Å². The van der Waals surface area contributed by atoms with Crippen molar-refractivity contribution < 1.29 is 19.5 Å². The maximum absolute atomic E-state index is 11.6. The zero-order chi connectivity index (χ0) is 12.4. The van der Waals surface area contributed by atoms with Crippen LogP contribution in [0, 0.1) is 10.8 Å². The van der Waals surface area contributed by atoms with Crippen molar-refractivity contribution in [1.82, 2.24) is 0 Å². The molecule has 0 aromatic rings. The predicted octanol–water partition coefficient (Wildman–Crippen LogP) is 0.220. The number of carboxylic acid groups (broad SMARTS) is 1. The van der Waals surface area contributed by atoms with Gasteiger partial charge in [-0.3, -0.25) is 14.4 Å². The normalized spacial score (nSPS) is 11.6. The third kappa shape index (κ3) is 4.63. The Morgan fingerprint density at radius 1 is 0.938 bits per heavy atom. The van der Waals surface area contributed by atoms with E-state index in [1.54, 1.807) is 20.8 Å². The Bertz CT molecular complexity index is 300. The Hall–Kier alpha value is -0.391. The van der Waals surface area contributed by atoms with Crippen LogP contribution in [-0.4, -0.2) is 46.5 Å². The molecule has 0 radical (unpaired) electrons. The molecule has 0 bridgehead atoms. The number of carbonyl (C=O) groups is 3. The van der Waals surface area contributed by atoms with Crippen LogP contribution >= 0.6 is 0 Å². The summed E-state index contributed by atoms with van der Waals surface area (Å²) in [7, 11) is 0. The molecule has 0 aromatic carbocycles. The summed E-state index contributed by atoms with van der Waals surface area (Å²) < 4.78 is 0. The first-order chi connectivity index (χ1) is 6.49. The van der Waals surface area contributed by atoms with Crippen LogP contribution in [0.3, 0.4) is 0 Å². The fourth-order valence-corrected chi connectivity index (χ4v) is 0.751. The third-order valence-corrected chi connectivity index (χ3v) is 2.39. The van der Waals surface area contributed by atoms with Gasteiger partial charge in [0.2, 0.25) is 0 Å². The van der Waals surface area contributed by atoms with E-state index >= 15 is 0 Å². The molecule has 0 aliphatic rings. The van der Waals surface area contributed by atoms with Crippen LogP contribution in [0.15, 0.2) is 0 Å². The Morgan fingerprint density at radius 3 is 1.56 bits per heavy atom. The van der Waals surface area contributed by atoms with Gasteiger partial charge >= 0.3 is 29.9 Å². The van der Waals surface area contributed by atoms with E-state index in [0.717, 1.165) is 0 Å². The number of ketones is 2. The molecule has 0 atom stereocenters. The van der Waals surface area contributed by atoms with Gasteiger partial charge in [0.1, 0.15) is 11.2 Å². The van der Waals surface area contributed by atoms with Crippen LogP contribution in [0.4, 0.5) is 0 Å². The second kappa shape index (κ2) is 5.79. The van der Waals surface area contributed by atoms with E-state index in [4.69, 9.17) is 5.11 Å². The van der Waals surface area contributed by atoms with Crippen molar-refractivity contribution >= 4 is 41.4 Å². The molecule has 0 unspecified atom stereocenters. The van der Waals surface area contributed by atoms with Crippen molar-refractivity contribution in [2.24, 2.45) is 10.8 Å². The first-order valence-electron chi connectivity index (χ1n) is 4.79. The van der Waals surface area contributed by atoms with E-state index in [1.165, 1.54) is 13.8 Å². The summed E-state index contributed by atoms with van der Waals surface area (Å²) in [5.41, 5.74) is -2.09.